The van der Waals surface area contributed by atoms with Crippen LogP contribution >= 0.6 is 11.3 Å². The molecule has 0 spiro atoms. The van der Waals surface area contributed by atoms with Gasteiger partial charge in [-0.2, -0.15) is 0 Å². The number of nitrogens with one attached hydrogen (secondary N) is 1. The zero-order chi connectivity index (χ0) is 21.8. The molecule has 2 aliphatic rings. The summed E-state index contributed by atoms with van der Waals surface area (Å²) in [5.41, 5.74) is 1.13. The van der Waals surface area contributed by atoms with Crippen LogP contribution in [0.25, 0.3) is 0 Å². The van der Waals surface area contributed by atoms with Crippen molar-refractivity contribution in [2.45, 2.75) is 38.9 Å². The van der Waals surface area contributed by atoms with Crippen molar-refractivity contribution in [2.75, 3.05) is 38.0 Å². The second-order valence-corrected chi connectivity index (χ2v) is 9.64. The van der Waals surface area contributed by atoms with E-state index in [1.54, 1.807) is 18.2 Å². The van der Waals surface area contributed by atoms with E-state index >= 15 is 0 Å². The van der Waals surface area contributed by atoms with E-state index in [0.29, 0.717) is 22.0 Å². The van der Waals surface area contributed by atoms with Gasteiger partial charge in [0.1, 0.15) is 0 Å². The van der Waals surface area contributed by atoms with Crippen LogP contribution in [0.1, 0.15) is 46.7 Å². The molecule has 31 heavy (non-hydrogen) atoms. The van der Waals surface area contributed by atoms with Crippen molar-refractivity contribution in [1.82, 2.24) is 9.80 Å². The van der Waals surface area contributed by atoms with Crippen LogP contribution in [0.2, 0.25) is 0 Å². The Hall–Kier alpha value is -2.22. The van der Waals surface area contributed by atoms with Crippen molar-refractivity contribution in [1.29, 1.82) is 0 Å². The van der Waals surface area contributed by atoms with Crippen molar-refractivity contribution in [2.24, 2.45) is 5.92 Å². The Bertz CT molecular complexity index is 883. The lowest BCUT2D eigenvalue weighted by Crippen LogP contribution is -2.48. The number of carbonyl (C=O) groups is 2. The van der Waals surface area contributed by atoms with E-state index in [2.05, 4.69) is 24.1 Å². The summed E-state index contributed by atoms with van der Waals surface area (Å²) < 4.78 is 5.84. The maximum atomic E-state index is 13.2. The van der Waals surface area contributed by atoms with E-state index in [-0.39, 0.29) is 24.0 Å². The number of likely N-dealkylation sites (tertiary alicyclic amines) is 1. The molecule has 2 unspecified atom stereocenters. The number of ether oxygens (including phenoxy) is 1. The van der Waals surface area contributed by atoms with Crippen LogP contribution in [0.4, 0.5) is 5.69 Å². The van der Waals surface area contributed by atoms with Gasteiger partial charge in [0, 0.05) is 32.7 Å². The van der Waals surface area contributed by atoms with Crippen LogP contribution in [0.15, 0.2) is 41.8 Å². The van der Waals surface area contributed by atoms with Crippen LogP contribution in [0, 0.1) is 5.92 Å². The van der Waals surface area contributed by atoms with Gasteiger partial charge in [-0.15, -0.1) is 11.3 Å². The van der Waals surface area contributed by atoms with Gasteiger partial charge in [0.2, 0.25) is 0 Å². The molecule has 2 aromatic rings. The molecule has 0 saturated carbocycles. The summed E-state index contributed by atoms with van der Waals surface area (Å²) in [5, 5.41) is 4.78. The Morgan fingerprint density at radius 3 is 2.45 bits per heavy atom. The minimum atomic E-state index is -0.178. The molecule has 3 heterocycles. The molecule has 6 nitrogen and oxygen atoms in total. The molecule has 0 aliphatic carbocycles. The number of benzene rings is 1. The van der Waals surface area contributed by atoms with Crippen LogP contribution in [-0.4, -0.2) is 66.5 Å². The van der Waals surface area contributed by atoms with E-state index in [0.717, 1.165) is 45.6 Å². The molecular formula is C24H31N3O3S. The molecule has 2 atom stereocenters. The quantitative estimate of drug-likeness (QED) is 0.763. The van der Waals surface area contributed by atoms with E-state index in [1.807, 2.05) is 28.5 Å². The summed E-state index contributed by atoms with van der Waals surface area (Å²) in [5.74, 6) is 0.424. The zero-order valence-corrected chi connectivity index (χ0v) is 19.1. The Labute approximate surface area is 188 Å². The van der Waals surface area contributed by atoms with E-state index in [4.69, 9.17) is 4.74 Å². The highest BCUT2D eigenvalue weighted by atomic mass is 32.1. The SMILES string of the molecule is CC1CN(CC2CCN(C(=O)c3ccccc3NC(=O)c3cccs3)CC2)CC(C)O1. The van der Waals surface area contributed by atoms with Gasteiger partial charge in [-0.1, -0.05) is 18.2 Å². The number of thiophene rings is 1. The highest BCUT2D eigenvalue weighted by molar-refractivity contribution is 7.12. The fourth-order valence-electron chi connectivity index (χ4n) is 4.66. The van der Waals surface area contributed by atoms with Gasteiger partial charge < -0.3 is 15.0 Å². The summed E-state index contributed by atoms with van der Waals surface area (Å²) in [6.07, 6.45) is 2.59. The molecule has 1 aromatic carbocycles. The summed E-state index contributed by atoms with van der Waals surface area (Å²) in [6, 6.07) is 10.9. The predicted octanol–water partition coefficient (Wildman–Crippen LogP) is 3.96. The third-order valence-electron chi connectivity index (χ3n) is 6.06. The number of rotatable bonds is 5. The molecule has 0 bridgehead atoms. The van der Waals surface area contributed by atoms with Crippen LogP contribution in [0.3, 0.4) is 0 Å². The van der Waals surface area contributed by atoms with Crippen molar-refractivity contribution < 1.29 is 14.3 Å². The van der Waals surface area contributed by atoms with Crippen LogP contribution in [-0.2, 0) is 4.74 Å². The Morgan fingerprint density at radius 2 is 1.77 bits per heavy atom. The molecule has 0 radical (unpaired) electrons. The van der Waals surface area contributed by atoms with Crippen molar-refractivity contribution in [3.8, 4) is 0 Å². The molecule has 1 aromatic heterocycles. The van der Waals surface area contributed by atoms with Crippen LogP contribution in [0.5, 0.6) is 0 Å². The summed E-state index contributed by atoms with van der Waals surface area (Å²) in [6.45, 7) is 8.84. The molecule has 7 heteroatoms. The fraction of sp³-hybridized carbons (Fsp3) is 0.500. The third-order valence-corrected chi connectivity index (χ3v) is 6.93. The zero-order valence-electron chi connectivity index (χ0n) is 18.3. The minimum absolute atomic E-state index is 0.00542. The molecule has 4 rings (SSSR count). The predicted molar refractivity (Wildman–Crippen MR) is 124 cm³/mol. The van der Waals surface area contributed by atoms with Gasteiger partial charge in [0.25, 0.3) is 11.8 Å². The summed E-state index contributed by atoms with van der Waals surface area (Å²) in [4.78, 5) is 30.8. The lowest BCUT2D eigenvalue weighted by Gasteiger charge is -2.39. The van der Waals surface area contributed by atoms with Gasteiger partial charge in [-0.25, -0.2) is 0 Å². The van der Waals surface area contributed by atoms with Gasteiger partial charge in [0.05, 0.1) is 28.3 Å². The lowest BCUT2D eigenvalue weighted by molar-refractivity contribution is -0.0728. The number of anilines is 1. The maximum absolute atomic E-state index is 13.2. The number of amides is 2. The minimum Gasteiger partial charge on any atom is -0.373 e. The average Bonchev–Trinajstić information content (AvgIpc) is 3.29. The second-order valence-electron chi connectivity index (χ2n) is 8.69. The van der Waals surface area contributed by atoms with Gasteiger partial charge >= 0.3 is 0 Å². The number of morpholine rings is 1. The Morgan fingerprint density at radius 1 is 1.06 bits per heavy atom. The maximum Gasteiger partial charge on any atom is 0.265 e. The number of carbonyl (C=O) groups excluding carboxylic acids is 2. The number of nitrogens with zero attached hydrogens (tertiary/aromatic N) is 2. The smallest absolute Gasteiger partial charge is 0.265 e. The topological polar surface area (TPSA) is 61.9 Å². The van der Waals surface area contributed by atoms with Gasteiger partial charge in [0.15, 0.2) is 0 Å². The van der Waals surface area contributed by atoms with E-state index in [9.17, 15) is 9.59 Å². The number of para-hydroxylation sites is 1. The van der Waals surface area contributed by atoms with Crippen molar-refractivity contribution in [3.05, 3.63) is 52.2 Å². The largest absolute Gasteiger partial charge is 0.373 e. The second kappa shape index (κ2) is 9.94. The molecule has 2 saturated heterocycles. The Balaban J connectivity index is 1.34. The highest BCUT2D eigenvalue weighted by Gasteiger charge is 2.29. The first-order valence-corrected chi connectivity index (χ1v) is 12.0. The number of hydrogen-bond donors (Lipinski definition) is 1. The lowest BCUT2D eigenvalue weighted by atomic mass is 9.95. The molecule has 2 fully saturated rings. The van der Waals surface area contributed by atoms with E-state index < -0.39 is 0 Å². The summed E-state index contributed by atoms with van der Waals surface area (Å²) >= 11 is 1.39. The number of hydrogen-bond acceptors (Lipinski definition) is 5. The van der Waals surface area contributed by atoms with Gasteiger partial charge in [-0.3, -0.25) is 14.5 Å². The normalized spacial score (nSPS) is 23.0. The average molecular weight is 442 g/mol. The third kappa shape index (κ3) is 5.53. The van der Waals surface area contributed by atoms with E-state index in [1.165, 1.54) is 11.3 Å². The van der Waals surface area contributed by atoms with Crippen molar-refractivity contribution in [3.63, 3.8) is 0 Å². The van der Waals surface area contributed by atoms with Crippen LogP contribution < -0.4 is 5.32 Å². The van der Waals surface area contributed by atoms with Crippen molar-refractivity contribution >= 4 is 28.8 Å². The molecule has 2 aliphatic heterocycles. The fourth-order valence-corrected chi connectivity index (χ4v) is 5.28. The first-order chi connectivity index (χ1) is 15.0. The molecule has 1 N–H and O–H groups in total. The molecule has 166 valence electrons. The highest BCUT2D eigenvalue weighted by Crippen LogP contribution is 2.25. The molecule has 2 amide bonds. The number of piperidine rings is 1. The first kappa shape index (κ1) is 22.0. The van der Waals surface area contributed by atoms with Gasteiger partial charge in [-0.05, 0) is 56.2 Å². The standard InChI is InChI=1S/C24H31N3O3S/c1-17-14-26(15-18(2)30-17)16-19-9-11-27(12-10-19)24(29)20-6-3-4-7-21(20)25-23(28)22-8-5-13-31-22/h3-8,13,17-19H,9-12,14-16H2,1-2H3,(H,25,28). The first-order valence-electron chi connectivity index (χ1n) is 11.1. The molecular weight excluding hydrogens is 410 g/mol. The summed E-state index contributed by atoms with van der Waals surface area (Å²) in [7, 11) is 0. The Kier molecular flexibility index (Phi) is 7.05. The monoisotopic (exact) mass is 441 g/mol.